The molecule has 1 atom stereocenters. The molecule has 0 bridgehead atoms. The van der Waals surface area contributed by atoms with Crippen LogP contribution >= 0.6 is 0 Å². The van der Waals surface area contributed by atoms with Crippen LogP contribution in [0.4, 0.5) is 0 Å². The molecule has 2 rings (SSSR count). The first-order valence-electron chi connectivity index (χ1n) is 7.97. The van der Waals surface area contributed by atoms with Gasteiger partial charge in [-0.1, -0.05) is 6.92 Å². The molecule has 0 saturated carbocycles. The fourth-order valence-electron chi connectivity index (χ4n) is 3.19. The second kappa shape index (κ2) is 6.96. The van der Waals surface area contributed by atoms with E-state index in [-0.39, 0.29) is 0 Å². The van der Waals surface area contributed by atoms with Crippen LogP contribution in [0.25, 0.3) is 0 Å². The molecule has 1 saturated heterocycles. The third kappa shape index (κ3) is 3.77. The largest absolute Gasteiger partial charge is 0.356 e. The molecule has 0 aliphatic carbocycles. The Morgan fingerprint density at radius 2 is 2.19 bits per heavy atom. The number of piperidine rings is 1. The van der Waals surface area contributed by atoms with E-state index in [9.17, 15) is 0 Å². The van der Waals surface area contributed by atoms with Gasteiger partial charge >= 0.3 is 0 Å². The van der Waals surface area contributed by atoms with E-state index in [4.69, 9.17) is 0 Å². The van der Waals surface area contributed by atoms with E-state index in [0.717, 1.165) is 43.6 Å². The Balaban J connectivity index is 1.89. The molecular weight excluding hydrogens is 262 g/mol. The van der Waals surface area contributed by atoms with Crippen molar-refractivity contribution in [3.05, 3.63) is 17.0 Å². The maximum Gasteiger partial charge on any atom is 0.193 e. The van der Waals surface area contributed by atoms with Crippen molar-refractivity contribution in [2.75, 3.05) is 26.7 Å². The van der Waals surface area contributed by atoms with Crippen molar-refractivity contribution in [3.8, 4) is 0 Å². The Bertz CT molecular complexity index is 503. The first-order valence-corrected chi connectivity index (χ1v) is 7.97. The van der Waals surface area contributed by atoms with Gasteiger partial charge in [0.25, 0.3) is 0 Å². The first-order chi connectivity index (χ1) is 10.0. The number of aliphatic imine (C=N–C) groups is 1. The summed E-state index contributed by atoms with van der Waals surface area (Å²) in [4.78, 5) is 6.82. The van der Waals surface area contributed by atoms with Crippen molar-refractivity contribution in [1.82, 2.24) is 20.0 Å². The number of nitrogens with zero attached hydrogens (tertiary/aromatic N) is 4. The van der Waals surface area contributed by atoms with E-state index in [1.165, 1.54) is 24.1 Å². The zero-order chi connectivity index (χ0) is 15.4. The predicted molar refractivity (Wildman–Crippen MR) is 87.7 cm³/mol. The first kappa shape index (κ1) is 15.9. The molecule has 1 aliphatic rings. The van der Waals surface area contributed by atoms with Gasteiger partial charge in [-0.15, -0.1) is 0 Å². The second-order valence-electron chi connectivity index (χ2n) is 6.19. The molecule has 0 spiro atoms. The number of rotatable bonds is 3. The molecule has 5 nitrogen and oxygen atoms in total. The lowest BCUT2D eigenvalue weighted by Gasteiger charge is -2.33. The van der Waals surface area contributed by atoms with Gasteiger partial charge in [-0.3, -0.25) is 9.67 Å². The lowest BCUT2D eigenvalue weighted by molar-refractivity contribution is 0.266. The molecule has 0 radical (unpaired) electrons. The Kier molecular flexibility index (Phi) is 5.26. The smallest absolute Gasteiger partial charge is 0.193 e. The highest BCUT2D eigenvalue weighted by atomic mass is 15.3. The lowest BCUT2D eigenvalue weighted by atomic mass is 10.0. The highest BCUT2D eigenvalue weighted by molar-refractivity contribution is 5.80. The van der Waals surface area contributed by atoms with Crippen LogP contribution in [-0.4, -0.2) is 47.3 Å². The minimum absolute atomic E-state index is 0.764. The Labute approximate surface area is 128 Å². The molecule has 1 aromatic heterocycles. The van der Waals surface area contributed by atoms with E-state index in [1.54, 1.807) is 0 Å². The van der Waals surface area contributed by atoms with E-state index in [1.807, 2.05) is 18.8 Å². The average molecular weight is 291 g/mol. The third-order valence-corrected chi connectivity index (χ3v) is 4.49. The second-order valence-corrected chi connectivity index (χ2v) is 6.19. The minimum atomic E-state index is 0.764. The number of hydrogen-bond donors (Lipinski definition) is 1. The Hall–Kier alpha value is -1.52. The fourth-order valence-corrected chi connectivity index (χ4v) is 3.19. The molecule has 1 N–H and O–H groups in total. The van der Waals surface area contributed by atoms with Gasteiger partial charge in [0.05, 0.1) is 5.69 Å². The summed E-state index contributed by atoms with van der Waals surface area (Å²) < 4.78 is 1.96. The quantitative estimate of drug-likeness (QED) is 0.683. The fraction of sp³-hybridized carbons (Fsp3) is 0.750. The summed E-state index contributed by atoms with van der Waals surface area (Å²) in [7, 11) is 3.88. The number of nitrogens with one attached hydrogen (secondary N) is 1. The van der Waals surface area contributed by atoms with Gasteiger partial charge in [-0.05, 0) is 44.6 Å². The van der Waals surface area contributed by atoms with E-state index in [0.29, 0.717) is 0 Å². The molecule has 1 fully saturated rings. The van der Waals surface area contributed by atoms with Crippen LogP contribution in [0.1, 0.15) is 36.7 Å². The summed E-state index contributed by atoms with van der Waals surface area (Å²) in [5.41, 5.74) is 3.75. The zero-order valence-corrected chi connectivity index (χ0v) is 14.1. The molecule has 21 heavy (non-hydrogen) atoms. The predicted octanol–water partition coefficient (Wildman–Crippen LogP) is 1.89. The number of aryl methyl sites for hydroxylation is 2. The summed E-state index contributed by atoms with van der Waals surface area (Å²) in [6, 6.07) is 0. The Morgan fingerprint density at radius 1 is 1.43 bits per heavy atom. The van der Waals surface area contributed by atoms with Crippen molar-refractivity contribution < 1.29 is 0 Å². The molecule has 5 heteroatoms. The minimum Gasteiger partial charge on any atom is -0.356 e. The zero-order valence-electron chi connectivity index (χ0n) is 14.1. The third-order valence-electron chi connectivity index (χ3n) is 4.49. The van der Waals surface area contributed by atoms with Crippen LogP contribution < -0.4 is 5.32 Å². The normalized spacial score (nSPS) is 20.0. The highest BCUT2D eigenvalue weighted by Crippen LogP contribution is 2.15. The van der Waals surface area contributed by atoms with Crippen molar-refractivity contribution in [3.63, 3.8) is 0 Å². The lowest BCUT2D eigenvalue weighted by Crippen LogP contribution is -2.46. The van der Waals surface area contributed by atoms with Gasteiger partial charge in [0.1, 0.15) is 0 Å². The number of hydrogen-bond acceptors (Lipinski definition) is 2. The van der Waals surface area contributed by atoms with Gasteiger partial charge in [0, 0.05) is 39.4 Å². The molecule has 1 aromatic rings. The maximum absolute atomic E-state index is 4.48. The summed E-state index contributed by atoms with van der Waals surface area (Å²) in [5.74, 6) is 1.81. The van der Waals surface area contributed by atoms with Crippen molar-refractivity contribution in [2.24, 2.45) is 18.0 Å². The van der Waals surface area contributed by atoms with E-state index in [2.05, 4.69) is 41.1 Å². The van der Waals surface area contributed by atoms with Crippen LogP contribution in [-0.2, 0) is 13.5 Å². The van der Waals surface area contributed by atoms with Crippen molar-refractivity contribution >= 4 is 5.96 Å². The monoisotopic (exact) mass is 291 g/mol. The number of guanidine groups is 1. The molecule has 0 amide bonds. The van der Waals surface area contributed by atoms with Gasteiger partial charge in [-0.25, -0.2) is 0 Å². The number of aromatic nitrogens is 2. The van der Waals surface area contributed by atoms with Gasteiger partial charge in [0.2, 0.25) is 0 Å². The SMILES string of the molecule is CN=C(NCCc1c(C)nn(C)c1C)N1CCCC(C)C1. The topological polar surface area (TPSA) is 45.5 Å². The van der Waals surface area contributed by atoms with Crippen LogP contribution in [0.15, 0.2) is 4.99 Å². The molecule has 1 aliphatic heterocycles. The highest BCUT2D eigenvalue weighted by Gasteiger charge is 2.19. The van der Waals surface area contributed by atoms with Gasteiger partial charge in [0.15, 0.2) is 5.96 Å². The maximum atomic E-state index is 4.48. The summed E-state index contributed by atoms with van der Waals surface area (Å²) in [6.07, 6.45) is 3.60. The van der Waals surface area contributed by atoms with Crippen LogP contribution in [0, 0.1) is 19.8 Å². The standard InChI is InChI=1S/C16H29N5/c1-12-7-6-10-21(11-12)16(17-4)18-9-8-15-13(2)19-20(5)14(15)3/h12H,6-11H2,1-5H3,(H,17,18). The Morgan fingerprint density at radius 3 is 2.76 bits per heavy atom. The molecule has 0 aromatic carbocycles. The van der Waals surface area contributed by atoms with Crippen molar-refractivity contribution in [1.29, 1.82) is 0 Å². The summed E-state index contributed by atoms with van der Waals surface area (Å²) >= 11 is 0. The van der Waals surface area contributed by atoms with Crippen molar-refractivity contribution in [2.45, 2.75) is 40.0 Å². The number of likely N-dealkylation sites (tertiary alicyclic amines) is 1. The molecular formula is C16H29N5. The molecule has 1 unspecified atom stereocenters. The molecule has 118 valence electrons. The molecule has 2 heterocycles. The van der Waals surface area contributed by atoms with E-state index < -0.39 is 0 Å². The average Bonchev–Trinajstić information content (AvgIpc) is 2.69. The summed E-state index contributed by atoms with van der Waals surface area (Å²) in [6.45, 7) is 9.69. The van der Waals surface area contributed by atoms with Crippen LogP contribution in [0.5, 0.6) is 0 Å². The van der Waals surface area contributed by atoms with Gasteiger partial charge < -0.3 is 10.2 Å². The van der Waals surface area contributed by atoms with Crippen LogP contribution in [0.3, 0.4) is 0 Å². The van der Waals surface area contributed by atoms with Crippen LogP contribution in [0.2, 0.25) is 0 Å². The van der Waals surface area contributed by atoms with E-state index >= 15 is 0 Å². The van der Waals surface area contributed by atoms with Gasteiger partial charge in [-0.2, -0.15) is 5.10 Å². The summed E-state index contributed by atoms with van der Waals surface area (Å²) in [5, 5.41) is 7.99.